The fourth-order valence-corrected chi connectivity index (χ4v) is 3.61. The summed E-state index contributed by atoms with van der Waals surface area (Å²) in [6, 6.07) is 7.67. The number of hydrogen-bond donors (Lipinski definition) is 1. The number of nitrogens with one attached hydrogen (secondary N) is 1. The zero-order chi connectivity index (χ0) is 14.4. The van der Waals surface area contributed by atoms with Crippen molar-refractivity contribution in [1.29, 1.82) is 0 Å². The third kappa shape index (κ3) is 5.70. The van der Waals surface area contributed by atoms with Crippen LogP contribution in [0.4, 0.5) is 0 Å². The molecule has 0 aromatic heterocycles. The number of piperidine rings is 1. The molecule has 0 unspecified atom stereocenters. The maximum Gasteiger partial charge on any atom is 0.232 e. The molecule has 21 heavy (non-hydrogen) atoms. The van der Waals surface area contributed by atoms with Crippen molar-refractivity contribution in [2.24, 2.45) is 5.92 Å². The lowest BCUT2D eigenvalue weighted by Gasteiger charge is -2.32. The zero-order valence-electron chi connectivity index (χ0n) is 12.2. The minimum Gasteiger partial charge on any atom is -0.342 e. The van der Waals surface area contributed by atoms with Gasteiger partial charge in [0.2, 0.25) is 5.91 Å². The van der Waals surface area contributed by atoms with Crippen LogP contribution in [0.3, 0.4) is 0 Å². The van der Waals surface area contributed by atoms with Crippen LogP contribution in [0.5, 0.6) is 0 Å². The third-order valence-corrected chi connectivity index (χ3v) is 5.15. The van der Waals surface area contributed by atoms with Crippen LogP contribution in [0.15, 0.2) is 29.2 Å². The first-order valence-electron chi connectivity index (χ1n) is 7.00. The zero-order valence-corrected chi connectivity index (χ0v) is 14.6. The number of thioether (sulfide) groups is 1. The van der Waals surface area contributed by atoms with E-state index in [1.165, 1.54) is 11.8 Å². The highest BCUT2D eigenvalue weighted by Crippen LogP contribution is 2.27. The number of rotatable bonds is 5. The number of halogens is 2. The molecule has 1 N–H and O–H groups in total. The van der Waals surface area contributed by atoms with Crippen LogP contribution in [0, 0.1) is 5.92 Å². The fraction of sp³-hybridized carbons (Fsp3) is 0.533. The molecule has 1 aromatic rings. The molecule has 2 rings (SSSR count). The molecule has 1 aliphatic rings. The van der Waals surface area contributed by atoms with Crippen molar-refractivity contribution >= 4 is 41.7 Å². The van der Waals surface area contributed by atoms with E-state index < -0.39 is 0 Å². The van der Waals surface area contributed by atoms with Gasteiger partial charge in [-0.3, -0.25) is 4.79 Å². The minimum atomic E-state index is 0. The Labute approximate surface area is 142 Å². The molecule has 1 fully saturated rings. The predicted octanol–water partition coefficient (Wildman–Crippen LogP) is 3.31. The second-order valence-corrected chi connectivity index (χ2v) is 6.53. The van der Waals surface area contributed by atoms with Crippen molar-refractivity contribution in [2.75, 3.05) is 32.4 Å². The van der Waals surface area contributed by atoms with Gasteiger partial charge in [0.05, 0.1) is 10.8 Å². The van der Waals surface area contributed by atoms with Crippen LogP contribution in [-0.2, 0) is 4.79 Å². The number of carbonyl (C=O) groups excluding carboxylic acids is 1. The molecule has 0 spiro atoms. The second-order valence-electron chi connectivity index (χ2n) is 5.10. The standard InChI is InChI=1S/C15H21ClN2OS.ClH/c1-17-10-12-6-8-18(9-7-12)15(19)11-20-14-5-3-2-4-13(14)16;/h2-5,12,17H,6-11H2,1H3;1H. The largest absolute Gasteiger partial charge is 0.342 e. The Bertz CT molecular complexity index is 451. The van der Waals surface area contributed by atoms with Gasteiger partial charge in [0.1, 0.15) is 0 Å². The molecule has 1 saturated heterocycles. The summed E-state index contributed by atoms with van der Waals surface area (Å²) < 4.78 is 0. The van der Waals surface area contributed by atoms with Gasteiger partial charge in [-0.1, -0.05) is 23.7 Å². The van der Waals surface area contributed by atoms with Crippen molar-refractivity contribution in [3.05, 3.63) is 29.3 Å². The number of hydrogen-bond acceptors (Lipinski definition) is 3. The van der Waals surface area contributed by atoms with Crippen LogP contribution in [0.2, 0.25) is 5.02 Å². The molecule has 1 aromatic carbocycles. The maximum absolute atomic E-state index is 12.2. The number of nitrogens with zero attached hydrogens (tertiary/aromatic N) is 1. The fourth-order valence-electron chi connectivity index (χ4n) is 2.47. The number of carbonyl (C=O) groups is 1. The quantitative estimate of drug-likeness (QED) is 0.828. The topological polar surface area (TPSA) is 32.3 Å². The van der Waals surface area contributed by atoms with Gasteiger partial charge in [-0.2, -0.15) is 0 Å². The second kappa shape index (κ2) is 9.57. The first-order valence-corrected chi connectivity index (χ1v) is 8.36. The molecule has 3 nitrogen and oxygen atoms in total. The van der Waals surface area contributed by atoms with Crippen molar-refractivity contribution in [3.8, 4) is 0 Å². The number of likely N-dealkylation sites (tertiary alicyclic amines) is 1. The molecule has 0 radical (unpaired) electrons. The summed E-state index contributed by atoms with van der Waals surface area (Å²) in [6.07, 6.45) is 2.20. The van der Waals surface area contributed by atoms with E-state index >= 15 is 0 Å². The smallest absolute Gasteiger partial charge is 0.232 e. The van der Waals surface area contributed by atoms with E-state index in [2.05, 4.69) is 5.32 Å². The van der Waals surface area contributed by atoms with Gasteiger partial charge in [0.15, 0.2) is 0 Å². The van der Waals surface area contributed by atoms with Crippen LogP contribution in [0.1, 0.15) is 12.8 Å². The van der Waals surface area contributed by atoms with Gasteiger partial charge < -0.3 is 10.2 Å². The van der Waals surface area contributed by atoms with Crippen molar-refractivity contribution in [2.45, 2.75) is 17.7 Å². The number of amides is 1. The van der Waals surface area contributed by atoms with Gasteiger partial charge in [0, 0.05) is 18.0 Å². The molecular formula is C15H22Cl2N2OS. The maximum atomic E-state index is 12.2. The summed E-state index contributed by atoms with van der Waals surface area (Å²) in [5.74, 6) is 1.40. The average Bonchev–Trinajstić information content (AvgIpc) is 2.47. The van der Waals surface area contributed by atoms with Gasteiger partial charge in [-0.25, -0.2) is 0 Å². The molecule has 0 aliphatic carbocycles. The Kier molecular flexibility index (Phi) is 8.49. The average molecular weight is 349 g/mol. The highest BCUT2D eigenvalue weighted by Gasteiger charge is 2.22. The van der Waals surface area contributed by atoms with Gasteiger partial charge in [-0.05, 0) is 44.5 Å². The van der Waals surface area contributed by atoms with E-state index in [4.69, 9.17) is 11.6 Å². The van der Waals surface area contributed by atoms with Gasteiger partial charge in [-0.15, -0.1) is 24.2 Å². The first-order chi connectivity index (χ1) is 9.70. The third-order valence-electron chi connectivity index (χ3n) is 3.65. The summed E-state index contributed by atoms with van der Waals surface area (Å²) in [7, 11) is 1.98. The highest BCUT2D eigenvalue weighted by molar-refractivity contribution is 8.00. The molecule has 1 aliphatic heterocycles. The summed E-state index contributed by atoms with van der Waals surface area (Å²) >= 11 is 7.62. The lowest BCUT2D eigenvalue weighted by atomic mass is 9.97. The summed E-state index contributed by atoms with van der Waals surface area (Å²) in [4.78, 5) is 15.2. The lowest BCUT2D eigenvalue weighted by Crippen LogP contribution is -2.41. The van der Waals surface area contributed by atoms with Crippen molar-refractivity contribution in [3.63, 3.8) is 0 Å². The van der Waals surface area contributed by atoms with E-state index in [1.54, 1.807) is 0 Å². The Morgan fingerprint density at radius 2 is 2.05 bits per heavy atom. The lowest BCUT2D eigenvalue weighted by molar-refractivity contribution is -0.129. The first kappa shape index (κ1) is 18.6. The van der Waals surface area contributed by atoms with E-state index in [0.29, 0.717) is 11.7 Å². The Balaban J connectivity index is 0.00000220. The van der Waals surface area contributed by atoms with Crippen LogP contribution in [-0.4, -0.2) is 43.2 Å². The Morgan fingerprint density at radius 1 is 1.38 bits per heavy atom. The van der Waals surface area contributed by atoms with E-state index in [-0.39, 0.29) is 18.3 Å². The van der Waals surface area contributed by atoms with Gasteiger partial charge in [0.25, 0.3) is 0 Å². The van der Waals surface area contributed by atoms with E-state index in [9.17, 15) is 4.79 Å². The van der Waals surface area contributed by atoms with Gasteiger partial charge >= 0.3 is 0 Å². The van der Waals surface area contributed by atoms with Crippen LogP contribution < -0.4 is 5.32 Å². The molecule has 1 heterocycles. The molecule has 0 bridgehead atoms. The number of benzene rings is 1. The van der Waals surface area contributed by atoms with Crippen LogP contribution in [0.25, 0.3) is 0 Å². The van der Waals surface area contributed by atoms with Crippen LogP contribution >= 0.6 is 35.8 Å². The summed E-state index contributed by atoms with van der Waals surface area (Å²) in [6.45, 7) is 2.82. The SMILES string of the molecule is CNCC1CCN(C(=O)CSc2ccccc2Cl)CC1.Cl. The van der Waals surface area contributed by atoms with Crippen molar-refractivity contribution < 1.29 is 4.79 Å². The Hall–Kier alpha value is -0.420. The molecule has 118 valence electrons. The van der Waals surface area contributed by atoms with E-state index in [1.807, 2.05) is 36.2 Å². The van der Waals surface area contributed by atoms with Crippen molar-refractivity contribution in [1.82, 2.24) is 10.2 Å². The highest BCUT2D eigenvalue weighted by atomic mass is 35.5. The monoisotopic (exact) mass is 348 g/mol. The molecule has 0 saturated carbocycles. The molecule has 1 amide bonds. The molecule has 0 atom stereocenters. The summed E-state index contributed by atoms with van der Waals surface area (Å²) in [5, 5.41) is 3.93. The Morgan fingerprint density at radius 3 is 2.67 bits per heavy atom. The molecular weight excluding hydrogens is 327 g/mol. The normalized spacial score (nSPS) is 15.6. The minimum absolute atomic E-state index is 0. The predicted molar refractivity (Wildman–Crippen MR) is 92.7 cm³/mol. The molecule has 6 heteroatoms. The summed E-state index contributed by atoms with van der Waals surface area (Å²) in [5.41, 5.74) is 0. The van der Waals surface area contributed by atoms with E-state index in [0.717, 1.165) is 42.4 Å².